The number of hydrogen-bond donors (Lipinski definition) is 1. The lowest BCUT2D eigenvalue weighted by molar-refractivity contribution is -0.122. The lowest BCUT2D eigenvalue weighted by Gasteiger charge is -2.18. The van der Waals surface area contributed by atoms with Crippen molar-refractivity contribution in [2.45, 2.75) is 39.5 Å². The van der Waals surface area contributed by atoms with E-state index in [1.807, 2.05) is 0 Å². The van der Waals surface area contributed by atoms with E-state index in [4.69, 9.17) is 14.2 Å². The molecule has 0 aliphatic rings. The zero-order chi connectivity index (χ0) is 16.1. The quantitative estimate of drug-likeness (QED) is 0.511. The van der Waals surface area contributed by atoms with E-state index in [1.54, 1.807) is 13.8 Å². The lowest BCUT2D eigenvalue weighted by atomic mass is 10.2. The molecule has 0 bridgehead atoms. The van der Waals surface area contributed by atoms with Gasteiger partial charge >= 0.3 is 0 Å². The van der Waals surface area contributed by atoms with Crippen molar-refractivity contribution in [2.75, 3.05) is 39.6 Å². The highest BCUT2D eigenvalue weighted by atomic mass is 19.1. The fraction of sp³-hybridized carbons (Fsp3) is 0.857. The van der Waals surface area contributed by atoms with Crippen molar-refractivity contribution in [2.24, 2.45) is 0 Å². The number of ether oxygens (including phenoxy) is 3. The number of amides is 1. The van der Waals surface area contributed by atoms with E-state index in [2.05, 4.69) is 5.32 Å². The minimum Gasteiger partial charge on any atom is -0.377 e. The summed E-state index contributed by atoms with van der Waals surface area (Å²) in [5.41, 5.74) is 0. The first-order valence-electron chi connectivity index (χ1n) is 7.14. The van der Waals surface area contributed by atoms with E-state index in [-0.39, 0.29) is 31.4 Å². The van der Waals surface area contributed by atoms with E-state index in [0.717, 1.165) is 0 Å². The largest absolute Gasteiger partial charge is 0.377 e. The fourth-order valence-electron chi connectivity index (χ4n) is 1.34. The fourth-order valence-corrected chi connectivity index (χ4v) is 1.34. The summed E-state index contributed by atoms with van der Waals surface area (Å²) in [7, 11) is 0. The Morgan fingerprint density at radius 1 is 1.14 bits per heavy atom. The molecule has 0 heterocycles. The van der Waals surface area contributed by atoms with Gasteiger partial charge in [0.25, 0.3) is 0 Å². The number of rotatable bonds is 13. The number of nitrogens with one attached hydrogen (secondary N) is 1. The monoisotopic (exact) mass is 307 g/mol. The average Bonchev–Trinajstić information content (AvgIpc) is 2.46. The smallest absolute Gasteiger partial charge is 0.219 e. The number of alkyl halides is 1. The Morgan fingerprint density at radius 2 is 1.76 bits per heavy atom. The Labute approximate surface area is 125 Å². The van der Waals surface area contributed by atoms with Gasteiger partial charge in [0, 0.05) is 6.42 Å². The molecule has 0 aromatic carbocycles. The summed E-state index contributed by atoms with van der Waals surface area (Å²) >= 11 is 0. The molecule has 6 nitrogen and oxygen atoms in total. The van der Waals surface area contributed by atoms with Gasteiger partial charge in [-0.2, -0.15) is 0 Å². The third kappa shape index (κ3) is 12.4. The molecule has 0 aromatic heterocycles. The number of carbonyl (C=O) groups excluding carboxylic acids is 2. The molecule has 0 aromatic rings. The molecule has 21 heavy (non-hydrogen) atoms. The summed E-state index contributed by atoms with van der Waals surface area (Å²) < 4.78 is 29.1. The molecule has 2 unspecified atom stereocenters. The zero-order valence-electron chi connectivity index (χ0n) is 13.0. The van der Waals surface area contributed by atoms with Crippen LogP contribution in [-0.4, -0.2) is 63.5 Å². The van der Waals surface area contributed by atoms with Crippen molar-refractivity contribution < 1.29 is 28.2 Å². The maximum absolute atomic E-state index is 13.6. The molecular weight excluding hydrogens is 281 g/mol. The van der Waals surface area contributed by atoms with Gasteiger partial charge in [0.15, 0.2) is 5.78 Å². The van der Waals surface area contributed by atoms with Gasteiger partial charge in [-0.05, 0) is 13.8 Å². The summed E-state index contributed by atoms with van der Waals surface area (Å²) in [6.45, 7) is 6.08. The Hall–Kier alpha value is -1.05. The highest BCUT2D eigenvalue weighted by Crippen LogP contribution is 2.02. The normalized spacial score (nSPS) is 13.7. The van der Waals surface area contributed by atoms with Gasteiger partial charge in [-0.15, -0.1) is 0 Å². The molecule has 2 atom stereocenters. The summed E-state index contributed by atoms with van der Waals surface area (Å²) in [6, 6.07) is 0. The number of halogens is 1. The molecule has 0 rings (SSSR count). The topological polar surface area (TPSA) is 73.9 Å². The second-order valence-electron chi connectivity index (χ2n) is 4.62. The van der Waals surface area contributed by atoms with Crippen molar-refractivity contribution in [1.29, 1.82) is 0 Å². The predicted molar refractivity (Wildman–Crippen MR) is 75.9 cm³/mol. The van der Waals surface area contributed by atoms with Crippen LogP contribution in [0.15, 0.2) is 0 Å². The first-order chi connectivity index (χ1) is 9.97. The minimum absolute atomic E-state index is 0.0312. The molecule has 0 saturated carbocycles. The van der Waals surface area contributed by atoms with Gasteiger partial charge in [-0.3, -0.25) is 9.59 Å². The van der Waals surface area contributed by atoms with Crippen molar-refractivity contribution in [1.82, 2.24) is 5.32 Å². The minimum atomic E-state index is -1.25. The highest BCUT2D eigenvalue weighted by molar-refractivity contribution is 5.76. The summed E-state index contributed by atoms with van der Waals surface area (Å²) in [5, 5.41) is 2.48. The molecule has 0 radical (unpaired) electrons. The third-order valence-electron chi connectivity index (χ3n) is 2.61. The number of Topliss-reactive ketones (excluding diaryl/α,β-unsaturated/α-hetero) is 1. The van der Waals surface area contributed by atoms with E-state index < -0.39 is 12.3 Å². The maximum atomic E-state index is 13.6. The van der Waals surface area contributed by atoms with E-state index in [9.17, 15) is 14.0 Å². The van der Waals surface area contributed by atoms with Crippen LogP contribution in [0.25, 0.3) is 0 Å². The maximum Gasteiger partial charge on any atom is 0.219 e. The summed E-state index contributed by atoms with van der Waals surface area (Å²) in [4.78, 5) is 21.6. The summed E-state index contributed by atoms with van der Waals surface area (Å²) in [6.07, 6.45) is -1.53. The Bertz CT molecular complexity index is 301. The number of ketones is 1. The first-order valence-corrected chi connectivity index (χ1v) is 7.14. The molecule has 0 aliphatic carbocycles. The summed E-state index contributed by atoms with van der Waals surface area (Å²) in [5.74, 6) is -0.213. The van der Waals surface area contributed by atoms with Crippen LogP contribution in [-0.2, 0) is 23.8 Å². The van der Waals surface area contributed by atoms with Gasteiger partial charge in [0.2, 0.25) is 5.91 Å². The van der Waals surface area contributed by atoms with Crippen LogP contribution >= 0.6 is 0 Å². The second kappa shape index (κ2) is 12.7. The molecular formula is C14H26FNO5. The van der Waals surface area contributed by atoms with Crippen LogP contribution in [0, 0.1) is 0 Å². The third-order valence-corrected chi connectivity index (χ3v) is 2.61. The van der Waals surface area contributed by atoms with Crippen LogP contribution in [0.5, 0.6) is 0 Å². The highest BCUT2D eigenvalue weighted by Gasteiger charge is 2.17. The zero-order valence-corrected chi connectivity index (χ0v) is 13.0. The van der Waals surface area contributed by atoms with Crippen LogP contribution in [0.1, 0.15) is 27.2 Å². The molecule has 1 N–H and O–H groups in total. The first kappa shape index (κ1) is 19.9. The van der Waals surface area contributed by atoms with E-state index in [0.29, 0.717) is 26.2 Å². The van der Waals surface area contributed by atoms with E-state index >= 15 is 0 Å². The Morgan fingerprint density at radius 3 is 2.38 bits per heavy atom. The van der Waals surface area contributed by atoms with Crippen molar-refractivity contribution in [3.05, 3.63) is 0 Å². The average molecular weight is 307 g/mol. The van der Waals surface area contributed by atoms with Gasteiger partial charge in [0.1, 0.15) is 12.8 Å². The molecule has 0 spiro atoms. The SMILES string of the molecule is CCC(=O)NCC(F)C(C)OCCOCCOCC(C)=O. The van der Waals surface area contributed by atoms with Crippen LogP contribution in [0.2, 0.25) is 0 Å². The lowest BCUT2D eigenvalue weighted by Crippen LogP contribution is -2.36. The van der Waals surface area contributed by atoms with Gasteiger partial charge < -0.3 is 19.5 Å². The van der Waals surface area contributed by atoms with Crippen LogP contribution in [0.4, 0.5) is 4.39 Å². The Balaban J connectivity index is 3.45. The van der Waals surface area contributed by atoms with E-state index in [1.165, 1.54) is 6.92 Å². The molecule has 0 fully saturated rings. The predicted octanol–water partition coefficient (Wildman–Crippen LogP) is 0.878. The van der Waals surface area contributed by atoms with Crippen LogP contribution < -0.4 is 5.32 Å². The molecule has 7 heteroatoms. The number of hydrogen-bond acceptors (Lipinski definition) is 5. The van der Waals surface area contributed by atoms with Gasteiger partial charge in [-0.25, -0.2) is 4.39 Å². The standard InChI is InChI=1S/C14H26FNO5/c1-4-14(18)16-9-13(15)12(3)21-8-7-19-5-6-20-10-11(2)17/h12-13H,4-10H2,1-3H3,(H,16,18). The molecule has 1 amide bonds. The molecule has 0 saturated heterocycles. The van der Waals surface area contributed by atoms with Gasteiger partial charge in [0.05, 0.1) is 39.1 Å². The molecule has 124 valence electrons. The second-order valence-corrected chi connectivity index (χ2v) is 4.62. The van der Waals surface area contributed by atoms with Crippen molar-refractivity contribution in [3.8, 4) is 0 Å². The van der Waals surface area contributed by atoms with Crippen molar-refractivity contribution >= 4 is 11.7 Å². The number of carbonyl (C=O) groups is 2. The molecule has 0 aliphatic heterocycles. The Kier molecular flexibility index (Phi) is 12.0. The van der Waals surface area contributed by atoms with Gasteiger partial charge in [-0.1, -0.05) is 6.92 Å². The van der Waals surface area contributed by atoms with Crippen molar-refractivity contribution in [3.63, 3.8) is 0 Å². The van der Waals surface area contributed by atoms with Crippen LogP contribution in [0.3, 0.4) is 0 Å².